The molecule has 1 aliphatic heterocycles. The number of ether oxygens (including phenoxy) is 2. The standard InChI is InChI=1S/C12H18N2O3S/c1-4-16-11(15)9-7-18-12(13-9)14(3)10-5-6-17-8(10)2/h7-8,10H,4-6H2,1-3H3. The zero-order chi connectivity index (χ0) is 13.1. The van der Waals surface area contributed by atoms with Crippen LogP contribution in [0.4, 0.5) is 5.13 Å². The van der Waals surface area contributed by atoms with E-state index >= 15 is 0 Å². The molecule has 0 N–H and O–H groups in total. The zero-order valence-corrected chi connectivity index (χ0v) is 11.7. The Kier molecular flexibility index (Phi) is 4.19. The van der Waals surface area contributed by atoms with Gasteiger partial charge < -0.3 is 14.4 Å². The van der Waals surface area contributed by atoms with E-state index in [0.29, 0.717) is 18.3 Å². The van der Waals surface area contributed by atoms with Gasteiger partial charge >= 0.3 is 5.97 Å². The predicted molar refractivity (Wildman–Crippen MR) is 70.3 cm³/mol. The number of hydrogen-bond donors (Lipinski definition) is 0. The van der Waals surface area contributed by atoms with Gasteiger partial charge in [-0.05, 0) is 20.3 Å². The Bertz CT molecular complexity index is 421. The average molecular weight is 270 g/mol. The maximum atomic E-state index is 11.5. The van der Waals surface area contributed by atoms with E-state index in [1.54, 1.807) is 12.3 Å². The topological polar surface area (TPSA) is 51.7 Å². The molecule has 1 aromatic heterocycles. The Hall–Kier alpha value is -1.14. The second-order valence-corrected chi connectivity index (χ2v) is 5.12. The number of anilines is 1. The minimum Gasteiger partial charge on any atom is -0.461 e. The summed E-state index contributed by atoms with van der Waals surface area (Å²) in [4.78, 5) is 18.0. The van der Waals surface area contributed by atoms with Crippen molar-refractivity contribution < 1.29 is 14.3 Å². The quantitative estimate of drug-likeness (QED) is 0.783. The molecule has 2 unspecified atom stereocenters. The maximum Gasteiger partial charge on any atom is 0.357 e. The number of thiazole rings is 1. The second kappa shape index (κ2) is 5.67. The SMILES string of the molecule is CCOC(=O)c1csc(N(C)C2CCOC2C)n1. The molecule has 2 rings (SSSR count). The van der Waals surface area contributed by atoms with Crippen molar-refractivity contribution in [3.05, 3.63) is 11.1 Å². The van der Waals surface area contributed by atoms with Crippen LogP contribution in [0.1, 0.15) is 30.8 Å². The minimum atomic E-state index is -0.357. The number of esters is 1. The Morgan fingerprint density at radius 2 is 2.50 bits per heavy atom. The van der Waals surface area contributed by atoms with E-state index in [1.807, 2.05) is 7.05 Å². The fourth-order valence-electron chi connectivity index (χ4n) is 2.10. The van der Waals surface area contributed by atoms with Crippen LogP contribution in [-0.4, -0.2) is 43.4 Å². The van der Waals surface area contributed by atoms with Crippen LogP contribution in [0, 0.1) is 0 Å². The van der Waals surface area contributed by atoms with E-state index in [0.717, 1.165) is 18.2 Å². The lowest BCUT2D eigenvalue weighted by molar-refractivity contribution is 0.0520. The fourth-order valence-corrected chi connectivity index (χ4v) is 2.91. The summed E-state index contributed by atoms with van der Waals surface area (Å²) in [5.74, 6) is -0.357. The molecule has 0 radical (unpaired) electrons. The van der Waals surface area contributed by atoms with Crippen molar-refractivity contribution in [1.29, 1.82) is 0 Å². The van der Waals surface area contributed by atoms with Gasteiger partial charge in [0.1, 0.15) is 0 Å². The number of rotatable bonds is 4. The Morgan fingerprint density at radius 3 is 3.11 bits per heavy atom. The molecule has 2 heterocycles. The van der Waals surface area contributed by atoms with Crippen LogP contribution >= 0.6 is 11.3 Å². The molecule has 0 spiro atoms. The lowest BCUT2D eigenvalue weighted by Gasteiger charge is -2.25. The first-order valence-electron chi connectivity index (χ1n) is 6.10. The lowest BCUT2D eigenvalue weighted by Crippen LogP contribution is -2.36. The highest BCUT2D eigenvalue weighted by atomic mass is 32.1. The molecule has 1 fully saturated rings. The summed E-state index contributed by atoms with van der Waals surface area (Å²) in [5, 5.41) is 2.57. The lowest BCUT2D eigenvalue weighted by atomic mass is 10.1. The van der Waals surface area contributed by atoms with Gasteiger partial charge in [-0.25, -0.2) is 9.78 Å². The molecule has 6 heteroatoms. The molecule has 1 aliphatic rings. The molecular weight excluding hydrogens is 252 g/mol. The van der Waals surface area contributed by atoms with Gasteiger partial charge in [0.25, 0.3) is 0 Å². The van der Waals surface area contributed by atoms with Gasteiger partial charge in [-0.15, -0.1) is 11.3 Å². The van der Waals surface area contributed by atoms with Gasteiger partial charge in [0.05, 0.1) is 18.8 Å². The summed E-state index contributed by atoms with van der Waals surface area (Å²) in [6, 6.07) is 0.325. The van der Waals surface area contributed by atoms with Crippen LogP contribution in [0.5, 0.6) is 0 Å². The van der Waals surface area contributed by atoms with Crippen molar-refractivity contribution in [1.82, 2.24) is 4.98 Å². The molecule has 18 heavy (non-hydrogen) atoms. The number of carbonyl (C=O) groups excluding carboxylic acids is 1. The third kappa shape index (κ3) is 2.64. The molecule has 2 atom stereocenters. The Morgan fingerprint density at radius 1 is 1.72 bits per heavy atom. The van der Waals surface area contributed by atoms with Crippen LogP contribution < -0.4 is 4.90 Å². The van der Waals surface area contributed by atoms with E-state index in [-0.39, 0.29) is 12.1 Å². The Labute approximate surface area is 111 Å². The number of nitrogens with zero attached hydrogens (tertiary/aromatic N) is 2. The summed E-state index contributed by atoms with van der Waals surface area (Å²) in [6.45, 7) is 5.00. The van der Waals surface area contributed by atoms with E-state index < -0.39 is 0 Å². The smallest absolute Gasteiger partial charge is 0.357 e. The highest BCUT2D eigenvalue weighted by molar-refractivity contribution is 7.13. The zero-order valence-electron chi connectivity index (χ0n) is 10.9. The van der Waals surface area contributed by atoms with Crippen molar-refractivity contribution in [2.75, 3.05) is 25.2 Å². The normalized spacial score (nSPS) is 23.1. The van der Waals surface area contributed by atoms with Crippen LogP contribution in [0.25, 0.3) is 0 Å². The minimum absolute atomic E-state index is 0.199. The molecule has 0 aliphatic carbocycles. The molecule has 5 nitrogen and oxygen atoms in total. The third-order valence-electron chi connectivity index (χ3n) is 3.11. The summed E-state index contributed by atoms with van der Waals surface area (Å²) in [5.41, 5.74) is 0.385. The van der Waals surface area contributed by atoms with Gasteiger partial charge in [0.15, 0.2) is 10.8 Å². The molecule has 0 saturated carbocycles. The maximum absolute atomic E-state index is 11.5. The highest BCUT2D eigenvalue weighted by Crippen LogP contribution is 2.27. The van der Waals surface area contributed by atoms with E-state index in [4.69, 9.17) is 9.47 Å². The van der Waals surface area contributed by atoms with Crippen LogP contribution in [0.2, 0.25) is 0 Å². The van der Waals surface area contributed by atoms with Gasteiger partial charge in [-0.3, -0.25) is 0 Å². The number of likely N-dealkylation sites (N-methyl/N-ethyl adjacent to an activating group) is 1. The number of hydrogen-bond acceptors (Lipinski definition) is 6. The van der Waals surface area contributed by atoms with E-state index in [9.17, 15) is 4.79 Å². The molecule has 0 aromatic carbocycles. The van der Waals surface area contributed by atoms with Crippen LogP contribution in [-0.2, 0) is 9.47 Å². The molecule has 0 amide bonds. The van der Waals surface area contributed by atoms with Gasteiger partial charge in [-0.2, -0.15) is 0 Å². The van der Waals surface area contributed by atoms with Crippen molar-refractivity contribution in [3.63, 3.8) is 0 Å². The largest absolute Gasteiger partial charge is 0.461 e. The molecule has 1 aromatic rings. The molecular formula is C12H18N2O3S. The average Bonchev–Trinajstić information content (AvgIpc) is 2.97. The van der Waals surface area contributed by atoms with Crippen LogP contribution in [0.15, 0.2) is 5.38 Å². The second-order valence-electron chi connectivity index (χ2n) is 4.28. The summed E-state index contributed by atoms with van der Waals surface area (Å²) in [7, 11) is 1.99. The third-order valence-corrected chi connectivity index (χ3v) is 4.04. The predicted octanol–water partition coefficient (Wildman–Crippen LogP) is 1.93. The molecule has 100 valence electrons. The molecule has 1 saturated heterocycles. The molecule has 0 bridgehead atoms. The van der Waals surface area contributed by atoms with Gasteiger partial charge in [-0.1, -0.05) is 0 Å². The van der Waals surface area contributed by atoms with Gasteiger partial charge in [0.2, 0.25) is 0 Å². The van der Waals surface area contributed by atoms with Crippen molar-refractivity contribution in [2.45, 2.75) is 32.4 Å². The van der Waals surface area contributed by atoms with Crippen LogP contribution in [0.3, 0.4) is 0 Å². The summed E-state index contributed by atoms with van der Waals surface area (Å²) < 4.78 is 10.5. The van der Waals surface area contributed by atoms with Gasteiger partial charge in [0, 0.05) is 19.0 Å². The van der Waals surface area contributed by atoms with E-state index in [2.05, 4.69) is 16.8 Å². The fraction of sp³-hybridized carbons (Fsp3) is 0.667. The number of aromatic nitrogens is 1. The first-order chi connectivity index (χ1) is 8.63. The summed E-state index contributed by atoms with van der Waals surface area (Å²) >= 11 is 1.46. The monoisotopic (exact) mass is 270 g/mol. The van der Waals surface area contributed by atoms with Crippen molar-refractivity contribution >= 4 is 22.4 Å². The highest BCUT2D eigenvalue weighted by Gasteiger charge is 2.29. The number of carbonyl (C=O) groups is 1. The van der Waals surface area contributed by atoms with Crippen molar-refractivity contribution in [2.24, 2.45) is 0 Å². The van der Waals surface area contributed by atoms with Crippen molar-refractivity contribution in [3.8, 4) is 0 Å². The summed E-state index contributed by atoms with van der Waals surface area (Å²) in [6.07, 6.45) is 1.19. The first kappa shape index (κ1) is 13.3. The van der Waals surface area contributed by atoms with E-state index in [1.165, 1.54) is 11.3 Å². The Balaban J connectivity index is 2.07. The first-order valence-corrected chi connectivity index (χ1v) is 6.98.